The van der Waals surface area contributed by atoms with E-state index in [-0.39, 0.29) is 6.04 Å². The molecule has 92 valence electrons. The molecule has 7 heteroatoms. The van der Waals surface area contributed by atoms with Gasteiger partial charge < -0.3 is 0 Å². The van der Waals surface area contributed by atoms with Crippen LogP contribution in [0.1, 0.15) is 29.4 Å². The van der Waals surface area contributed by atoms with Crippen LogP contribution in [0.2, 0.25) is 5.02 Å². The number of aromatic nitrogens is 3. The molecule has 0 aliphatic rings. The molecule has 5 nitrogen and oxygen atoms in total. The van der Waals surface area contributed by atoms with Gasteiger partial charge in [0.05, 0.1) is 27.6 Å². The summed E-state index contributed by atoms with van der Waals surface area (Å²) in [5.74, 6) is 5.61. The summed E-state index contributed by atoms with van der Waals surface area (Å²) in [6.07, 6.45) is 1.63. The third kappa shape index (κ3) is 2.35. The Labute approximate surface area is 109 Å². The van der Waals surface area contributed by atoms with E-state index in [4.69, 9.17) is 17.4 Å². The molecule has 1 atom stereocenters. The number of nitrogens with zero attached hydrogens (tertiary/aromatic N) is 3. The maximum absolute atomic E-state index is 6.15. The zero-order valence-electron chi connectivity index (χ0n) is 9.64. The molecule has 17 heavy (non-hydrogen) atoms. The van der Waals surface area contributed by atoms with Gasteiger partial charge in [0.2, 0.25) is 0 Å². The zero-order valence-corrected chi connectivity index (χ0v) is 11.2. The topological polar surface area (TPSA) is 68.8 Å². The average Bonchev–Trinajstić information content (AvgIpc) is 2.89. The van der Waals surface area contributed by atoms with Crippen molar-refractivity contribution < 1.29 is 0 Å². The molecule has 1 unspecified atom stereocenters. The molecule has 2 heterocycles. The lowest BCUT2D eigenvalue weighted by atomic mass is 10.1. The van der Waals surface area contributed by atoms with Gasteiger partial charge in [-0.3, -0.25) is 10.5 Å². The molecule has 0 spiro atoms. The van der Waals surface area contributed by atoms with Gasteiger partial charge in [0, 0.05) is 11.9 Å². The van der Waals surface area contributed by atoms with Crippen molar-refractivity contribution in [1.82, 2.24) is 20.2 Å². The van der Waals surface area contributed by atoms with E-state index >= 15 is 0 Å². The fourth-order valence-corrected chi connectivity index (χ4v) is 2.62. The number of nitrogens with one attached hydrogen (secondary N) is 1. The molecule has 0 radical (unpaired) electrons. The molecule has 0 saturated carbocycles. The van der Waals surface area contributed by atoms with Crippen LogP contribution in [0.15, 0.2) is 11.6 Å². The number of hydrogen-bond donors (Lipinski definition) is 2. The molecule has 2 rings (SSSR count). The zero-order chi connectivity index (χ0) is 12.4. The minimum Gasteiger partial charge on any atom is -0.270 e. The van der Waals surface area contributed by atoms with E-state index in [9.17, 15) is 0 Å². The minimum atomic E-state index is -0.227. The largest absolute Gasteiger partial charge is 0.270 e. The van der Waals surface area contributed by atoms with Crippen LogP contribution in [0.4, 0.5) is 0 Å². The second kappa shape index (κ2) is 5.14. The quantitative estimate of drug-likeness (QED) is 0.658. The second-order valence-electron chi connectivity index (χ2n) is 3.58. The summed E-state index contributed by atoms with van der Waals surface area (Å²) >= 11 is 7.74. The Bertz CT molecular complexity index is 507. The van der Waals surface area contributed by atoms with Crippen molar-refractivity contribution in [3.05, 3.63) is 33.0 Å². The average molecular weight is 272 g/mol. The molecule has 0 bridgehead atoms. The molecule has 2 aromatic rings. The number of thiazole rings is 1. The Kier molecular flexibility index (Phi) is 3.78. The predicted octanol–water partition coefficient (Wildman–Crippen LogP) is 1.87. The first kappa shape index (κ1) is 12.5. The van der Waals surface area contributed by atoms with Crippen LogP contribution >= 0.6 is 22.9 Å². The van der Waals surface area contributed by atoms with E-state index in [0.717, 1.165) is 22.9 Å². The summed E-state index contributed by atoms with van der Waals surface area (Å²) in [6.45, 7) is 4.70. The number of nitrogens with two attached hydrogens (primary N) is 1. The van der Waals surface area contributed by atoms with Crippen molar-refractivity contribution in [2.75, 3.05) is 0 Å². The number of rotatable bonds is 4. The summed E-state index contributed by atoms with van der Waals surface area (Å²) in [5.41, 5.74) is 4.47. The van der Waals surface area contributed by atoms with Crippen molar-refractivity contribution in [1.29, 1.82) is 0 Å². The van der Waals surface area contributed by atoms with Crippen LogP contribution in [0.25, 0.3) is 0 Å². The second-order valence-corrected chi connectivity index (χ2v) is 5.05. The fourth-order valence-electron chi connectivity index (χ4n) is 1.73. The van der Waals surface area contributed by atoms with Crippen LogP contribution in [0.5, 0.6) is 0 Å². The van der Waals surface area contributed by atoms with E-state index in [2.05, 4.69) is 15.5 Å². The van der Waals surface area contributed by atoms with E-state index in [1.807, 2.05) is 23.9 Å². The van der Waals surface area contributed by atoms with Crippen LogP contribution in [0.3, 0.4) is 0 Å². The monoisotopic (exact) mass is 271 g/mol. The van der Waals surface area contributed by atoms with E-state index in [1.54, 1.807) is 17.5 Å². The summed E-state index contributed by atoms with van der Waals surface area (Å²) in [7, 11) is 0. The van der Waals surface area contributed by atoms with E-state index < -0.39 is 0 Å². The molecule has 2 aromatic heterocycles. The summed E-state index contributed by atoms with van der Waals surface area (Å²) < 4.78 is 1.82. The fraction of sp³-hybridized carbons (Fsp3) is 0.400. The molecule has 0 amide bonds. The smallest absolute Gasteiger partial charge is 0.107 e. The van der Waals surface area contributed by atoms with Gasteiger partial charge in [0.25, 0.3) is 0 Å². The normalized spacial score (nSPS) is 12.9. The molecular formula is C10H14ClN5S. The standard InChI is InChI=1S/C10H14ClN5S/c1-3-16-10(7(11)4-13-16)9(15-12)8-5-17-6(2)14-8/h4-5,9,15H,3,12H2,1-2H3. The highest BCUT2D eigenvalue weighted by atomic mass is 35.5. The molecule has 0 aromatic carbocycles. The minimum absolute atomic E-state index is 0.227. The number of hydrazine groups is 1. The van der Waals surface area contributed by atoms with Gasteiger partial charge in [-0.05, 0) is 13.8 Å². The molecule has 3 N–H and O–H groups in total. The third-order valence-corrected chi connectivity index (χ3v) is 3.59. The van der Waals surface area contributed by atoms with Crippen molar-refractivity contribution >= 4 is 22.9 Å². The first-order valence-corrected chi connectivity index (χ1v) is 6.52. The maximum atomic E-state index is 6.15. The number of halogens is 1. The highest BCUT2D eigenvalue weighted by Gasteiger charge is 2.22. The predicted molar refractivity (Wildman–Crippen MR) is 68.9 cm³/mol. The Morgan fingerprint density at radius 3 is 2.94 bits per heavy atom. The number of aryl methyl sites for hydroxylation is 2. The van der Waals surface area contributed by atoms with Gasteiger partial charge in [-0.25, -0.2) is 10.4 Å². The molecule has 0 fully saturated rings. The van der Waals surface area contributed by atoms with Gasteiger partial charge in [-0.15, -0.1) is 11.3 Å². The molecule has 0 aliphatic carbocycles. The van der Waals surface area contributed by atoms with Gasteiger partial charge in [0.1, 0.15) is 6.04 Å². The Balaban J connectivity index is 2.44. The SMILES string of the molecule is CCn1ncc(Cl)c1C(NN)c1csc(C)n1. The first-order chi connectivity index (χ1) is 8.17. The highest BCUT2D eigenvalue weighted by Crippen LogP contribution is 2.28. The van der Waals surface area contributed by atoms with Gasteiger partial charge >= 0.3 is 0 Å². The van der Waals surface area contributed by atoms with Gasteiger partial charge in [0.15, 0.2) is 0 Å². The van der Waals surface area contributed by atoms with E-state index in [1.165, 1.54) is 0 Å². The Morgan fingerprint density at radius 1 is 1.65 bits per heavy atom. The number of hydrogen-bond acceptors (Lipinski definition) is 5. The summed E-state index contributed by atoms with van der Waals surface area (Å²) in [4.78, 5) is 4.43. The van der Waals surface area contributed by atoms with Gasteiger partial charge in [-0.2, -0.15) is 5.10 Å². The van der Waals surface area contributed by atoms with Crippen molar-refractivity contribution in [3.63, 3.8) is 0 Å². The maximum Gasteiger partial charge on any atom is 0.107 e. The van der Waals surface area contributed by atoms with Crippen LogP contribution in [-0.2, 0) is 6.54 Å². The third-order valence-electron chi connectivity index (χ3n) is 2.51. The van der Waals surface area contributed by atoms with Crippen LogP contribution in [-0.4, -0.2) is 14.8 Å². The first-order valence-electron chi connectivity index (χ1n) is 5.26. The van der Waals surface area contributed by atoms with Crippen molar-refractivity contribution in [3.8, 4) is 0 Å². The lowest BCUT2D eigenvalue weighted by molar-refractivity contribution is 0.537. The molecular weight excluding hydrogens is 258 g/mol. The summed E-state index contributed by atoms with van der Waals surface area (Å²) in [5, 5.41) is 7.77. The Morgan fingerprint density at radius 2 is 2.41 bits per heavy atom. The molecule has 0 saturated heterocycles. The lowest BCUT2D eigenvalue weighted by Crippen LogP contribution is -2.31. The summed E-state index contributed by atoms with van der Waals surface area (Å²) in [6, 6.07) is -0.227. The highest BCUT2D eigenvalue weighted by molar-refractivity contribution is 7.09. The van der Waals surface area contributed by atoms with Crippen molar-refractivity contribution in [2.45, 2.75) is 26.4 Å². The molecule has 0 aliphatic heterocycles. The van der Waals surface area contributed by atoms with Crippen LogP contribution < -0.4 is 11.3 Å². The van der Waals surface area contributed by atoms with Gasteiger partial charge in [-0.1, -0.05) is 11.6 Å². The van der Waals surface area contributed by atoms with Crippen LogP contribution in [0, 0.1) is 6.92 Å². The Hall–Kier alpha value is -0.950. The van der Waals surface area contributed by atoms with E-state index in [0.29, 0.717) is 5.02 Å². The lowest BCUT2D eigenvalue weighted by Gasteiger charge is -2.15. The van der Waals surface area contributed by atoms with Crippen molar-refractivity contribution in [2.24, 2.45) is 5.84 Å².